The number of rotatable bonds is 9. The Kier molecular flexibility index (Phi) is 8.38. The van der Waals surface area contributed by atoms with Gasteiger partial charge < -0.3 is 20.7 Å². The minimum absolute atomic E-state index is 0.0294. The molecule has 0 spiro atoms. The number of nitrogens with zero attached hydrogens (tertiary/aromatic N) is 7. The molecule has 0 bridgehead atoms. The van der Waals surface area contributed by atoms with Crippen molar-refractivity contribution in [1.82, 2.24) is 30.0 Å². The van der Waals surface area contributed by atoms with Crippen molar-refractivity contribution in [1.29, 1.82) is 5.26 Å². The molecule has 0 atom stereocenters. The fraction of sp³-hybridized carbons (Fsp3) is 0.375. The normalized spacial score (nSPS) is 18.8. The van der Waals surface area contributed by atoms with Crippen LogP contribution in [0.15, 0.2) is 67.3 Å². The lowest BCUT2D eigenvalue weighted by atomic mass is 9.90. The molecule has 3 N–H and O–H groups in total. The molecule has 2 fully saturated rings. The molecule has 1 aromatic carbocycles. The fourth-order valence-electron chi connectivity index (χ4n) is 5.64. The molecule has 0 radical (unpaired) electrons. The van der Waals surface area contributed by atoms with Crippen LogP contribution in [0.2, 0.25) is 0 Å². The highest BCUT2D eigenvalue weighted by molar-refractivity contribution is 5.91. The van der Waals surface area contributed by atoms with Gasteiger partial charge in [-0.3, -0.25) is 9.58 Å². The van der Waals surface area contributed by atoms with Gasteiger partial charge in [0.2, 0.25) is 5.95 Å². The summed E-state index contributed by atoms with van der Waals surface area (Å²) in [7, 11) is 1.88. The van der Waals surface area contributed by atoms with Crippen molar-refractivity contribution in [2.45, 2.75) is 56.8 Å². The van der Waals surface area contributed by atoms with Crippen LogP contribution in [-0.4, -0.2) is 61.6 Å². The van der Waals surface area contributed by atoms with Crippen molar-refractivity contribution >= 4 is 23.6 Å². The van der Waals surface area contributed by atoms with Gasteiger partial charge in [-0.2, -0.15) is 15.3 Å². The first-order chi connectivity index (χ1) is 21.4. The van der Waals surface area contributed by atoms with Crippen LogP contribution in [0.5, 0.6) is 0 Å². The molecule has 1 aliphatic heterocycles. The number of hydrogen-bond acceptors (Lipinski definition) is 9. The SMILES string of the molecule is Cn1cc(-c2ccc(N(C(=O)NCc3ccccc3)[C@H]3CC[C@H](Nc4ncc(C#N)c(NC5(C)COC5)n4)CC3)nc2)cn1. The van der Waals surface area contributed by atoms with E-state index in [0.717, 1.165) is 42.4 Å². The Hall–Kier alpha value is -5.02. The third-order valence-electron chi connectivity index (χ3n) is 8.10. The van der Waals surface area contributed by atoms with Crippen LogP contribution in [0.1, 0.15) is 43.7 Å². The van der Waals surface area contributed by atoms with Gasteiger partial charge in [-0.15, -0.1) is 0 Å². The van der Waals surface area contributed by atoms with Crippen LogP contribution in [-0.2, 0) is 18.3 Å². The standard InChI is InChI=1S/C32H36N10O2/c1-32(20-44-21-32)40-29-24(14-33)17-35-30(39-29)38-26-9-11-27(12-10-26)42(31(43)36-15-22-6-4-3-5-7-22)28-13-8-23(16-34-28)25-18-37-41(2)19-25/h3-8,13,16-19,26-27H,9-12,15,20-21H2,1-2H3,(H,36,43)(H2,35,38,39,40)/t26-,27-. The van der Waals surface area contributed by atoms with E-state index in [0.29, 0.717) is 42.9 Å². The van der Waals surface area contributed by atoms with Crippen molar-refractivity contribution in [2.75, 3.05) is 28.7 Å². The van der Waals surface area contributed by atoms with Gasteiger partial charge in [0.25, 0.3) is 0 Å². The smallest absolute Gasteiger partial charge is 0.323 e. The second-order valence-electron chi connectivity index (χ2n) is 11.7. The topological polar surface area (TPSA) is 146 Å². The second kappa shape index (κ2) is 12.7. The van der Waals surface area contributed by atoms with Crippen LogP contribution in [0, 0.1) is 11.3 Å². The molecule has 4 heterocycles. The average molecular weight is 593 g/mol. The minimum atomic E-state index is -0.246. The Balaban J connectivity index is 1.14. The van der Waals surface area contributed by atoms with E-state index < -0.39 is 0 Å². The number of anilines is 3. The van der Waals surface area contributed by atoms with Gasteiger partial charge in [0.15, 0.2) is 0 Å². The predicted molar refractivity (Wildman–Crippen MR) is 167 cm³/mol. The van der Waals surface area contributed by atoms with Gasteiger partial charge in [0, 0.05) is 49.2 Å². The molecule has 12 heteroatoms. The molecule has 0 unspecified atom stereocenters. The van der Waals surface area contributed by atoms with Gasteiger partial charge in [0.05, 0.1) is 31.1 Å². The molecule has 4 aromatic rings. The van der Waals surface area contributed by atoms with Crippen LogP contribution < -0.4 is 20.9 Å². The van der Waals surface area contributed by atoms with Crippen LogP contribution in [0.25, 0.3) is 11.1 Å². The molecule has 1 saturated carbocycles. The van der Waals surface area contributed by atoms with E-state index in [-0.39, 0.29) is 23.7 Å². The van der Waals surface area contributed by atoms with Crippen LogP contribution >= 0.6 is 0 Å². The Morgan fingerprint density at radius 2 is 1.86 bits per heavy atom. The number of aryl methyl sites for hydroxylation is 1. The quantitative estimate of drug-likeness (QED) is 0.256. The van der Waals surface area contributed by atoms with Gasteiger partial charge in [-0.1, -0.05) is 30.3 Å². The molecular formula is C32H36N10O2. The maximum atomic E-state index is 13.7. The summed E-state index contributed by atoms with van der Waals surface area (Å²) in [5, 5.41) is 23.7. The molecule has 1 aliphatic carbocycles. The predicted octanol–water partition coefficient (Wildman–Crippen LogP) is 4.48. The molecule has 3 aromatic heterocycles. The number of urea groups is 1. The number of ether oxygens (including phenoxy) is 1. The van der Waals surface area contributed by atoms with E-state index in [1.54, 1.807) is 28.2 Å². The lowest BCUT2D eigenvalue weighted by molar-refractivity contribution is -0.0320. The van der Waals surface area contributed by atoms with Gasteiger partial charge in [-0.25, -0.2) is 14.8 Å². The zero-order valence-electron chi connectivity index (χ0n) is 24.9. The Labute approximate surface area is 256 Å². The monoisotopic (exact) mass is 592 g/mol. The first-order valence-corrected chi connectivity index (χ1v) is 14.8. The van der Waals surface area contributed by atoms with Gasteiger partial charge in [0.1, 0.15) is 23.3 Å². The third kappa shape index (κ3) is 6.63. The summed E-state index contributed by atoms with van der Waals surface area (Å²) >= 11 is 0. The maximum Gasteiger partial charge on any atom is 0.323 e. The summed E-state index contributed by atoms with van der Waals surface area (Å²) in [4.78, 5) is 29.2. The number of carbonyl (C=O) groups excluding carboxylic acids is 1. The van der Waals surface area contributed by atoms with Gasteiger partial charge in [-0.05, 0) is 50.3 Å². The highest BCUT2D eigenvalue weighted by Crippen LogP contribution is 2.30. The van der Waals surface area contributed by atoms with Crippen LogP contribution in [0.4, 0.5) is 22.4 Å². The molecule has 2 aliphatic rings. The average Bonchev–Trinajstić information content (AvgIpc) is 3.47. The molecule has 44 heavy (non-hydrogen) atoms. The molecule has 2 amide bonds. The van der Waals surface area contributed by atoms with Crippen molar-refractivity contribution in [2.24, 2.45) is 7.05 Å². The number of aromatic nitrogens is 5. The highest BCUT2D eigenvalue weighted by atomic mass is 16.5. The Morgan fingerprint density at radius 1 is 1.07 bits per heavy atom. The largest absolute Gasteiger partial charge is 0.376 e. The lowest BCUT2D eigenvalue weighted by Gasteiger charge is -2.39. The number of benzene rings is 1. The highest BCUT2D eigenvalue weighted by Gasteiger charge is 2.35. The number of carbonyl (C=O) groups is 1. The van der Waals surface area contributed by atoms with Crippen molar-refractivity contribution < 1.29 is 9.53 Å². The molecular weight excluding hydrogens is 556 g/mol. The lowest BCUT2D eigenvalue weighted by Crippen LogP contribution is -2.53. The van der Waals surface area contributed by atoms with E-state index in [2.05, 4.69) is 37.1 Å². The summed E-state index contributed by atoms with van der Waals surface area (Å²) in [6.07, 6.45) is 10.3. The number of hydrogen-bond donors (Lipinski definition) is 3. The molecule has 226 valence electrons. The van der Waals surface area contributed by atoms with E-state index in [1.807, 2.05) is 62.6 Å². The molecule has 1 saturated heterocycles. The second-order valence-corrected chi connectivity index (χ2v) is 11.7. The fourth-order valence-corrected chi connectivity index (χ4v) is 5.64. The summed E-state index contributed by atoms with van der Waals surface area (Å²) < 4.78 is 7.09. The van der Waals surface area contributed by atoms with E-state index in [9.17, 15) is 10.1 Å². The number of pyridine rings is 1. The number of nitrogens with one attached hydrogen (secondary N) is 3. The minimum Gasteiger partial charge on any atom is -0.376 e. The Morgan fingerprint density at radius 3 is 2.50 bits per heavy atom. The van der Waals surface area contributed by atoms with Crippen molar-refractivity contribution in [3.63, 3.8) is 0 Å². The zero-order chi connectivity index (χ0) is 30.5. The summed E-state index contributed by atoms with van der Waals surface area (Å²) in [6, 6.07) is 15.9. The first kappa shape index (κ1) is 29.1. The molecule has 12 nitrogen and oxygen atoms in total. The molecule has 6 rings (SSSR count). The van der Waals surface area contributed by atoms with E-state index in [1.165, 1.54) is 0 Å². The number of amides is 2. The summed E-state index contributed by atoms with van der Waals surface area (Å²) in [6.45, 7) is 3.59. The third-order valence-corrected chi connectivity index (χ3v) is 8.10. The van der Waals surface area contributed by atoms with Crippen LogP contribution in [0.3, 0.4) is 0 Å². The van der Waals surface area contributed by atoms with E-state index >= 15 is 0 Å². The maximum absolute atomic E-state index is 13.7. The Bertz CT molecular complexity index is 1620. The van der Waals surface area contributed by atoms with Crippen molar-refractivity contribution in [3.8, 4) is 17.2 Å². The van der Waals surface area contributed by atoms with Crippen molar-refractivity contribution in [3.05, 3.63) is 78.4 Å². The van der Waals surface area contributed by atoms with E-state index in [4.69, 9.17) is 9.72 Å². The first-order valence-electron chi connectivity index (χ1n) is 14.8. The zero-order valence-corrected chi connectivity index (χ0v) is 24.9. The summed E-state index contributed by atoms with van der Waals surface area (Å²) in [5.41, 5.74) is 3.09. The van der Waals surface area contributed by atoms with Gasteiger partial charge >= 0.3 is 6.03 Å². The number of nitriles is 1. The summed E-state index contributed by atoms with van der Waals surface area (Å²) in [5.74, 6) is 1.59.